The van der Waals surface area contributed by atoms with Crippen LogP contribution in [-0.4, -0.2) is 30.0 Å². The van der Waals surface area contributed by atoms with Crippen molar-refractivity contribution in [2.75, 3.05) is 5.73 Å². The molecular weight excluding hydrogens is 220 g/mol. The van der Waals surface area contributed by atoms with Gasteiger partial charge in [0.25, 0.3) is 0 Å². The number of H-pyrrole nitrogens is 1. The monoisotopic (exact) mass is 228 g/mol. The SMILES string of the molecule is Nc1ncnc2nc(-c3cncc(O)c3)[nH]c12. The number of nitrogen functional groups attached to an aromatic ring is 1. The molecule has 0 unspecified atom stereocenters. The summed E-state index contributed by atoms with van der Waals surface area (Å²) < 4.78 is 0. The number of nitrogens with zero attached hydrogens (tertiary/aromatic N) is 4. The fourth-order valence-electron chi connectivity index (χ4n) is 1.54. The van der Waals surface area contributed by atoms with E-state index in [9.17, 15) is 5.11 Å². The van der Waals surface area contributed by atoms with Gasteiger partial charge in [-0.05, 0) is 6.07 Å². The molecule has 0 atom stereocenters. The molecule has 4 N–H and O–H groups in total. The predicted octanol–water partition coefficient (Wildman–Crippen LogP) is 0.703. The van der Waals surface area contributed by atoms with Crippen molar-refractivity contribution in [2.45, 2.75) is 0 Å². The molecule has 0 fully saturated rings. The fourth-order valence-corrected chi connectivity index (χ4v) is 1.54. The van der Waals surface area contributed by atoms with Crippen molar-refractivity contribution in [1.29, 1.82) is 0 Å². The zero-order valence-electron chi connectivity index (χ0n) is 8.62. The fraction of sp³-hybridized carbons (Fsp3) is 0. The van der Waals surface area contributed by atoms with Gasteiger partial charge < -0.3 is 15.8 Å². The van der Waals surface area contributed by atoms with E-state index in [1.54, 1.807) is 12.3 Å². The third-order valence-electron chi connectivity index (χ3n) is 2.31. The van der Waals surface area contributed by atoms with Crippen LogP contribution in [0.1, 0.15) is 0 Å². The van der Waals surface area contributed by atoms with Gasteiger partial charge >= 0.3 is 0 Å². The largest absolute Gasteiger partial charge is 0.506 e. The molecular formula is C10H8N6O. The van der Waals surface area contributed by atoms with Gasteiger partial charge in [0, 0.05) is 11.8 Å². The first kappa shape index (κ1) is 9.52. The van der Waals surface area contributed by atoms with Crippen LogP contribution < -0.4 is 5.73 Å². The summed E-state index contributed by atoms with van der Waals surface area (Å²) in [7, 11) is 0. The Kier molecular flexibility index (Phi) is 1.91. The molecule has 0 aromatic carbocycles. The summed E-state index contributed by atoms with van der Waals surface area (Å²) in [5, 5.41) is 9.35. The van der Waals surface area contributed by atoms with E-state index in [0.29, 0.717) is 28.4 Å². The highest BCUT2D eigenvalue weighted by atomic mass is 16.3. The third-order valence-corrected chi connectivity index (χ3v) is 2.31. The Balaban J connectivity index is 2.22. The van der Waals surface area contributed by atoms with E-state index in [0.717, 1.165) is 0 Å². The minimum atomic E-state index is 0.0713. The lowest BCUT2D eigenvalue weighted by Gasteiger charge is -1.95. The molecule has 0 aliphatic heterocycles. The first-order valence-corrected chi connectivity index (χ1v) is 4.84. The number of pyridine rings is 1. The summed E-state index contributed by atoms with van der Waals surface area (Å²) in [6, 6.07) is 1.55. The number of hydrogen-bond acceptors (Lipinski definition) is 6. The predicted molar refractivity (Wildman–Crippen MR) is 61.0 cm³/mol. The molecule has 3 heterocycles. The Bertz CT molecular complexity index is 692. The molecule has 3 aromatic rings. The Hall–Kier alpha value is -2.70. The van der Waals surface area contributed by atoms with E-state index in [2.05, 4.69) is 24.9 Å². The molecule has 0 bridgehead atoms. The van der Waals surface area contributed by atoms with Crippen molar-refractivity contribution in [2.24, 2.45) is 0 Å². The molecule has 17 heavy (non-hydrogen) atoms. The minimum Gasteiger partial charge on any atom is -0.506 e. The average Bonchev–Trinajstić information content (AvgIpc) is 2.74. The molecule has 0 aliphatic carbocycles. The van der Waals surface area contributed by atoms with Gasteiger partial charge in [0.05, 0.1) is 6.20 Å². The topological polar surface area (TPSA) is 114 Å². The van der Waals surface area contributed by atoms with Crippen molar-refractivity contribution in [1.82, 2.24) is 24.9 Å². The molecule has 0 saturated heterocycles. The van der Waals surface area contributed by atoms with Crippen LogP contribution >= 0.6 is 0 Å². The summed E-state index contributed by atoms with van der Waals surface area (Å²) in [5.41, 5.74) is 7.40. The van der Waals surface area contributed by atoms with Gasteiger partial charge in [-0.3, -0.25) is 4.98 Å². The Morgan fingerprint density at radius 2 is 2.12 bits per heavy atom. The lowest BCUT2D eigenvalue weighted by molar-refractivity contribution is 0.473. The first-order chi connectivity index (χ1) is 8.24. The van der Waals surface area contributed by atoms with Gasteiger partial charge in [-0.2, -0.15) is 0 Å². The second-order valence-corrected chi connectivity index (χ2v) is 3.47. The van der Waals surface area contributed by atoms with Crippen molar-refractivity contribution in [3.05, 3.63) is 24.8 Å². The zero-order chi connectivity index (χ0) is 11.8. The quantitative estimate of drug-likeness (QED) is 0.565. The highest BCUT2D eigenvalue weighted by molar-refractivity contribution is 5.84. The molecule has 0 aliphatic rings. The molecule has 0 radical (unpaired) electrons. The summed E-state index contributed by atoms with van der Waals surface area (Å²) >= 11 is 0. The molecule has 0 spiro atoms. The van der Waals surface area contributed by atoms with Crippen LogP contribution in [0.2, 0.25) is 0 Å². The van der Waals surface area contributed by atoms with Gasteiger partial charge in [0.2, 0.25) is 0 Å². The molecule has 0 saturated carbocycles. The maximum absolute atomic E-state index is 9.35. The van der Waals surface area contributed by atoms with E-state index >= 15 is 0 Å². The molecule has 0 amide bonds. The summed E-state index contributed by atoms with van der Waals surface area (Å²) in [6.07, 6.45) is 4.28. The number of nitrogens with one attached hydrogen (secondary N) is 1. The number of imidazole rings is 1. The molecule has 3 aromatic heterocycles. The zero-order valence-corrected chi connectivity index (χ0v) is 8.62. The van der Waals surface area contributed by atoms with Crippen molar-refractivity contribution < 1.29 is 5.11 Å². The van der Waals surface area contributed by atoms with Crippen LogP contribution in [0.3, 0.4) is 0 Å². The summed E-state index contributed by atoms with van der Waals surface area (Å²) in [4.78, 5) is 19.0. The summed E-state index contributed by atoms with van der Waals surface area (Å²) in [6.45, 7) is 0. The lowest BCUT2D eigenvalue weighted by atomic mass is 10.2. The number of anilines is 1. The highest BCUT2D eigenvalue weighted by Gasteiger charge is 2.09. The van der Waals surface area contributed by atoms with Crippen LogP contribution in [0, 0.1) is 0 Å². The minimum absolute atomic E-state index is 0.0713. The standard InChI is InChI=1S/C10H8N6O/c11-8-7-10(14-4-13-8)16-9(15-7)5-1-6(17)3-12-2-5/h1-4,17H,(H3,11,13,14,15,16). The maximum Gasteiger partial charge on any atom is 0.183 e. The summed E-state index contributed by atoms with van der Waals surface area (Å²) in [5.74, 6) is 0.944. The van der Waals surface area contributed by atoms with E-state index in [4.69, 9.17) is 5.73 Å². The number of aromatic amines is 1. The smallest absolute Gasteiger partial charge is 0.183 e. The van der Waals surface area contributed by atoms with Gasteiger partial charge in [0.1, 0.15) is 23.4 Å². The number of fused-ring (bicyclic) bond motifs is 1. The highest BCUT2D eigenvalue weighted by Crippen LogP contribution is 2.22. The molecule has 3 rings (SSSR count). The second-order valence-electron chi connectivity index (χ2n) is 3.47. The molecule has 7 nitrogen and oxygen atoms in total. The van der Waals surface area contributed by atoms with E-state index in [1.165, 1.54) is 12.5 Å². The lowest BCUT2D eigenvalue weighted by Crippen LogP contribution is -1.91. The average molecular weight is 228 g/mol. The number of aromatic nitrogens is 5. The van der Waals surface area contributed by atoms with Gasteiger partial charge in [0.15, 0.2) is 11.5 Å². The van der Waals surface area contributed by atoms with Crippen LogP contribution in [-0.2, 0) is 0 Å². The first-order valence-electron chi connectivity index (χ1n) is 4.84. The molecule has 7 heteroatoms. The van der Waals surface area contributed by atoms with Crippen LogP contribution in [0.5, 0.6) is 5.75 Å². The second kappa shape index (κ2) is 3.41. The number of rotatable bonds is 1. The Labute approximate surface area is 95.4 Å². The van der Waals surface area contributed by atoms with Gasteiger partial charge in [-0.1, -0.05) is 0 Å². The van der Waals surface area contributed by atoms with Crippen molar-refractivity contribution in [3.63, 3.8) is 0 Å². The molecule has 84 valence electrons. The Morgan fingerprint density at radius 3 is 2.88 bits per heavy atom. The number of nitrogens with two attached hydrogens (primary N) is 1. The normalized spacial score (nSPS) is 10.8. The third kappa shape index (κ3) is 1.53. The number of hydrogen-bond donors (Lipinski definition) is 3. The maximum atomic E-state index is 9.35. The van der Waals surface area contributed by atoms with Crippen LogP contribution in [0.25, 0.3) is 22.6 Å². The van der Waals surface area contributed by atoms with E-state index in [-0.39, 0.29) is 5.75 Å². The number of aromatic hydroxyl groups is 1. The van der Waals surface area contributed by atoms with Crippen molar-refractivity contribution >= 4 is 17.0 Å². The van der Waals surface area contributed by atoms with E-state index < -0.39 is 0 Å². The van der Waals surface area contributed by atoms with Crippen molar-refractivity contribution in [3.8, 4) is 17.1 Å². The Morgan fingerprint density at radius 1 is 1.24 bits per heavy atom. The van der Waals surface area contributed by atoms with Crippen LogP contribution in [0.15, 0.2) is 24.8 Å². The van der Waals surface area contributed by atoms with Crippen LogP contribution in [0.4, 0.5) is 5.82 Å². The van der Waals surface area contributed by atoms with Gasteiger partial charge in [-0.15, -0.1) is 0 Å². The van der Waals surface area contributed by atoms with Gasteiger partial charge in [-0.25, -0.2) is 15.0 Å². The van der Waals surface area contributed by atoms with E-state index in [1.807, 2.05) is 0 Å².